The zero-order chi connectivity index (χ0) is 13.7. The van der Waals surface area contributed by atoms with Crippen molar-refractivity contribution in [3.05, 3.63) is 52.1 Å². The fourth-order valence-corrected chi connectivity index (χ4v) is 1.96. The fourth-order valence-electron chi connectivity index (χ4n) is 1.60. The van der Waals surface area contributed by atoms with E-state index in [0.29, 0.717) is 16.0 Å². The molecule has 5 heteroatoms. The van der Waals surface area contributed by atoms with Crippen LogP contribution in [0.4, 0.5) is 4.39 Å². The van der Waals surface area contributed by atoms with E-state index in [-0.39, 0.29) is 12.4 Å². The van der Waals surface area contributed by atoms with Gasteiger partial charge in [0, 0.05) is 18.2 Å². The summed E-state index contributed by atoms with van der Waals surface area (Å²) in [6, 6.07) is 6.25. The standard InChI is InChI=1S/C14H15BrFNO2/c1-2-17-7-10-5-12(18-8-10)9-19-14-6-11(16)3-4-13(14)15/h3-6,8,17H,2,7,9H2,1H3. The molecule has 1 aromatic heterocycles. The third-order valence-corrected chi connectivity index (χ3v) is 3.21. The van der Waals surface area contributed by atoms with Gasteiger partial charge in [0.2, 0.25) is 0 Å². The molecule has 0 fully saturated rings. The Bertz CT molecular complexity index is 542. The Labute approximate surface area is 119 Å². The van der Waals surface area contributed by atoms with Gasteiger partial charge >= 0.3 is 0 Å². The molecule has 2 rings (SSSR count). The van der Waals surface area contributed by atoms with E-state index in [1.165, 1.54) is 12.1 Å². The van der Waals surface area contributed by atoms with Crippen molar-refractivity contribution in [1.82, 2.24) is 5.32 Å². The summed E-state index contributed by atoms with van der Waals surface area (Å²) in [5.74, 6) is 0.846. The lowest BCUT2D eigenvalue weighted by Crippen LogP contribution is -2.10. The van der Waals surface area contributed by atoms with Gasteiger partial charge in [-0.25, -0.2) is 4.39 Å². The third kappa shape index (κ3) is 4.08. The molecule has 0 atom stereocenters. The van der Waals surface area contributed by atoms with E-state index in [0.717, 1.165) is 18.7 Å². The van der Waals surface area contributed by atoms with E-state index >= 15 is 0 Å². The molecule has 0 bridgehead atoms. The van der Waals surface area contributed by atoms with Gasteiger partial charge in [-0.15, -0.1) is 0 Å². The Balaban J connectivity index is 1.94. The number of ether oxygens (including phenoxy) is 1. The number of hydrogen-bond acceptors (Lipinski definition) is 3. The first-order chi connectivity index (χ1) is 9.19. The SMILES string of the molecule is CCNCc1coc(COc2cc(F)ccc2Br)c1. The van der Waals surface area contributed by atoms with E-state index in [2.05, 4.69) is 21.2 Å². The topological polar surface area (TPSA) is 34.4 Å². The highest BCUT2D eigenvalue weighted by Gasteiger charge is 2.06. The minimum absolute atomic E-state index is 0.272. The van der Waals surface area contributed by atoms with Crippen LogP contribution in [0, 0.1) is 5.82 Å². The zero-order valence-corrected chi connectivity index (χ0v) is 12.2. The molecule has 2 aromatic rings. The summed E-state index contributed by atoms with van der Waals surface area (Å²) in [5.41, 5.74) is 1.07. The van der Waals surface area contributed by atoms with E-state index in [4.69, 9.17) is 9.15 Å². The lowest BCUT2D eigenvalue weighted by molar-refractivity contribution is 0.267. The summed E-state index contributed by atoms with van der Waals surface area (Å²) >= 11 is 3.31. The normalized spacial score (nSPS) is 10.7. The van der Waals surface area contributed by atoms with Gasteiger partial charge in [-0.3, -0.25) is 0 Å². The predicted molar refractivity (Wildman–Crippen MR) is 74.5 cm³/mol. The molecular weight excluding hydrogens is 313 g/mol. The number of benzene rings is 1. The Hall–Kier alpha value is -1.33. The molecular formula is C14H15BrFNO2. The van der Waals surface area contributed by atoms with Crippen molar-refractivity contribution in [3.63, 3.8) is 0 Å². The van der Waals surface area contributed by atoms with Crippen LogP contribution >= 0.6 is 15.9 Å². The summed E-state index contributed by atoms with van der Waals surface area (Å²) in [5, 5.41) is 3.21. The fraction of sp³-hybridized carbons (Fsp3) is 0.286. The first kappa shape index (κ1) is 14.1. The number of nitrogens with one attached hydrogen (secondary N) is 1. The average molecular weight is 328 g/mol. The highest BCUT2D eigenvalue weighted by atomic mass is 79.9. The van der Waals surface area contributed by atoms with Crippen molar-refractivity contribution < 1.29 is 13.5 Å². The quantitative estimate of drug-likeness (QED) is 0.874. The molecule has 0 aliphatic carbocycles. The van der Waals surface area contributed by atoms with Crippen molar-refractivity contribution in [3.8, 4) is 5.75 Å². The van der Waals surface area contributed by atoms with Crippen molar-refractivity contribution in [2.75, 3.05) is 6.54 Å². The van der Waals surface area contributed by atoms with Crippen molar-refractivity contribution in [2.45, 2.75) is 20.1 Å². The molecule has 0 spiro atoms. The van der Waals surface area contributed by atoms with Crippen LogP contribution in [-0.2, 0) is 13.2 Å². The highest BCUT2D eigenvalue weighted by Crippen LogP contribution is 2.26. The molecule has 1 N–H and O–H groups in total. The number of hydrogen-bond donors (Lipinski definition) is 1. The van der Waals surface area contributed by atoms with Crippen LogP contribution in [0.5, 0.6) is 5.75 Å². The van der Waals surface area contributed by atoms with Gasteiger partial charge in [0.15, 0.2) is 0 Å². The van der Waals surface area contributed by atoms with Crippen LogP contribution in [0.1, 0.15) is 18.2 Å². The molecule has 0 aliphatic heterocycles. The van der Waals surface area contributed by atoms with Gasteiger partial charge in [-0.05, 0) is 40.7 Å². The molecule has 0 radical (unpaired) electrons. The van der Waals surface area contributed by atoms with Gasteiger partial charge in [0.25, 0.3) is 0 Å². The molecule has 1 aromatic carbocycles. The second-order valence-corrected chi connectivity index (χ2v) is 4.92. The largest absolute Gasteiger partial charge is 0.484 e. The summed E-state index contributed by atoms with van der Waals surface area (Å²) in [6.45, 7) is 4.00. The van der Waals surface area contributed by atoms with Crippen LogP contribution in [0.15, 0.2) is 39.4 Å². The van der Waals surface area contributed by atoms with Gasteiger partial charge in [-0.2, -0.15) is 0 Å². The van der Waals surface area contributed by atoms with E-state index in [9.17, 15) is 4.39 Å². The Morgan fingerprint density at radius 1 is 1.37 bits per heavy atom. The van der Waals surface area contributed by atoms with Gasteiger partial charge in [0.1, 0.15) is 23.9 Å². The molecule has 0 aliphatic rings. The van der Waals surface area contributed by atoms with Crippen LogP contribution in [0.2, 0.25) is 0 Å². The van der Waals surface area contributed by atoms with E-state index in [1.807, 2.05) is 13.0 Å². The van der Waals surface area contributed by atoms with Crippen molar-refractivity contribution in [2.24, 2.45) is 0 Å². The maximum Gasteiger partial charge on any atom is 0.146 e. The monoisotopic (exact) mass is 327 g/mol. The molecule has 19 heavy (non-hydrogen) atoms. The van der Waals surface area contributed by atoms with Gasteiger partial charge in [0.05, 0.1) is 10.7 Å². The second kappa shape index (κ2) is 6.73. The van der Waals surface area contributed by atoms with Crippen LogP contribution in [-0.4, -0.2) is 6.54 Å². The molecule has 3 nitrogen and oxygen atoms in total. The first-order valence-electron chi connectivity index (χ1n) is 6.04. The Kier molecular flexibility index (Phi) is 4.99. The van der Waals surface area contributed by atoms with Gasteiger partial charge < -0.3 is 14.5 Å². The summed E-state index contributed by atoms with van der Waals surface area (Å²) in [7, 11) is 0. The molecule has 0 unspecified atom stereocenters. The minimum Gasteiger partial charge on any atom is -0.484 e. The maximum atomic E-state index is 13.1. The van der Waals surface area contributed by atoms with Crippen molar-refractivity contribution in [1.29, 1.82) is 0 Å². The third-order valence-electron chi connectivity index (χ3n) is 2.55. The maximum absolute atomic E-state index is 13.1. The van der Waals surface area contributed by atoms with Crippen LogP contribution < -0.4 is 10.1 Å². The Morgan fingerprint density at radius 2 is 2.21 bits per heavy atom. The number of furan rings is 1. The average Bonchev–Trinajstić information content (AvgIpc) is 2.85. The van der Waals surface area contributed by atoms with Crippen molar-refractivity contribution >= 4 is 15.9 Å². The lowest BCUT2D eigenvalue weighted by Gasteiger charge is -2.06. The minimum atomic E-state index is -0.328. The molecule has 102 valence electrons. The van der Waals surface area contributed by atoms with E-state index in [1.54, 1.807) is 12.3 Å². The first-order valence-corrected chi connectivity index (χ1v) is 6.83. The summed E-state index contributed by atoms with van der Waals surface area (Å²) in [6.07, 6.45) is 1.70. The predicted octanol–water partition coefficient (Wildman–Crippen LogP) is 3.87. The molecule has 0 amide bonds. The molecule has 1 heterocycles. The van der Waals surface area contributed by atoms with Crippen LogP contribution in [0.3, 0.4) is 0 Å². The molecule has 0 saturated heterocycles. The smallest absolute Gasteiger partial charge is 0.146 e. The summed E-state index contributed by atoms with van der Waals surface area (Å²) < 4.78 is 24.7. The number of halogens is 2. The zero-order valence-electron chi connectivity index (χ0n) is 10.6. The molecule has 0 saturated carbocycles. The Morgan fingerprint density at radius 3 is 3.00 bits per heavy atom. The van der Waals surface area contributed by atoms with Crippen LogP contribution in [0.25, 0.3) is 0 Å². The number of rotatable bonds is 6. The summed E-state index contributed by atoms with van der Waals surface area (Å²) in [4.78, 5) is 0. The lowest BCUT2D eigenvalue weighted by atomic mass is 10.3. The van der Waals surface area contributed by atoms with E-state index < -0.39 is 0 Å². The highest BCUT2D eigenvalue weighted by molar-refractivity contribution is 9.10. The van der Waals surface area contributed by atoms with Gasteiger partial charge in [-0.1, -0.05) is 6.92 Å². The second-order valence-electron chi connectivity index (χ2n) is 4.07.